The first-order chi connectivity index (χ1) is 31.4. The molecular weight excluding hydrogens is 831 g/mol. The highest BCUT2D eigenvalue weighted by Crippen LogP contribution is 2.62. The average molecular weight is 892 g/mol. The molecule has 0 bridgehead atoms. The third-order valence-electron chi connectivity index (χ3n) is 12.4. The number of carbonyl (C=O) groups excluding carboxylic acids is 1. The second-order valence-corrected chi connectivity index (χ2v) is 17.9. The van der Waals surface area contributed by atoms with E-state index in [1.807, 2.05) is 57.2 Å². The van der Waals surface area contributed by atoms with Crippen LogP contribution in [0.15, 0.2) is 109 Å². The fourth-order valence-electron chi connectivity index (χ4n) is 9.63. The average Bonchev–Trinajstić information content (AvgIpc) is 3.77. The maximum absolute atomic E-state index is 15.2. The summed E-state index contributed by atoms with van der Waals surface area (Å²) in [4.78, 5) is 34.2. The van der Waals surface area contributed by atoms with E-state index in [2.05, 4.69) is 19.2 Å². The number of fused-ring (bicyclic) bond motifs is 3. The van der Waals surface area contributed by atoms with Gasteiger partial charge in [-0.3, -0.25) is 14.9 Å². The number of carbonyl (C=O) groups is 1. The maximum Gasteiger partial charge on any atom is 0.269 e. The fraction of sp³-hybridized carbons (Fsp3) is 0.451. The molecule has 2 N–H and O–H groups in total. The molecular formula is C51H61N3O11. The molecule has 14 heteroatoms. The number of non-ortho nitro benzene ring substituents is 1. The van der Waals surface area contributed by atoms with Gasteiger partial charge in [0, 0.05) is 55.9 Å². The van der Waals surface area contributed by atoms with Gasteiger partial charge in [-0.25, -0.2) is 0 Å². The van der Waals surface area contributed by atoms with Gasteiger partial charge in [0.1, 0.15) is 29.7 Å². The highest BCUT2D eigenvalue weighted by molar-refractivity contribution is 6.03. The van der Waals surface area contributed by atoms with Gasteiger partial charge < -0.3 is 43.6 Å². The van der Waals surface area contributed by atoms with E-state index in [0.717, 1.165) is 42.4 Å². The number of oxime groups is 1. The highest BCUT2D eigenvalue weighted by Gasteiger charge is 2.65. The number of aliphatic hydroxyl groups excluding tert-OH is 2. The Morgan fingerprint density at radius 3 is 2.38 bits per heavy atom. The van der Waals surface area contributed by atoms with Gasteiger partial charge in [-0.05, 0) is 124 Å². The number of hydrogen-bond acceptors (Lipinski definition) is 12. The van der Waals surface area contributed by atoms with Crippen molar-refractivity contribution >= 4 is 23.4 Å². The molecule has 1 saturated carbocycles. The Morgan fingerprint density at radius 2 is 1.68 bits per heavy atom. The normalized spacial score (nSPS) is 23.5. The van der Waals surface area contributed by atoms with Gasteiger partial charge in [0.05, 0.1) is 23.2 Å². The van der Waals surface area contributed by atoms with Crippen molar-refractivity contribution in [3.05, 3.63) is 131 Å². The molecule has 2 heterocycles. The fourth-order valence-corrected chi connectivity index (χ4v) is 9.63. The number of nitro groups is 1. The van der Waals surface area contributed by atoms with Crippen LogP contribution in [0.5, 0.6) is 23.0 Å². The van der Waals surface area contributed by atoms with Crippen LogP contribution in [0.2, 0.25) is 0 Å². The molecule has 1 amide bonds. The van der Waals surface area contributed by atoms with E-state index >= 15 is 4.79 Å². The highest BCUT2D eigenvalue weighted by atomic mass is 16.7. The van der Waals surface area contributed by atoms with Gasteiger partial charge in [0.25, 0.3) is 5.69 Å². The SMILES string of the molecule is C=CCOc1ccc2c(c1)[C@H]1[C@H](CCCCO)[C@@H](CCCCO)C=C3C(=NOC(C)(C)C)C[C@H](N(Cc4ccc5c(c4)OCO5)C(=O)C=Cc4ccc([N+](=O)[O-])cc4)[C@@](OCC=C)(O2)[C@H]31. The minimum Gasteiger partial charge on any atom is -0.490 e. The van der Waals surface area contributed by atoms with Gasteiger partial charge in [0.2, 0.25) is 18.5 Å². The Kier molecular flexibility index (Phi) is 15.1. The topological polar surface area (TPSA) is 172 Å². The van der Waals surface area contributed by atoms with Gasteiger partial charge in [0.15, 0.2) is 11.5 Å². The Morgan fingerprint density at radius 1 is 0.954 bits per heavy atom. The van der Waals surface area contributed by atoms with Gasteiger partial charge >= 0.3 is 0 Å². The van der Waals surface area contributed by atoms with Crippen LogP contribution in [-0.2, 0) is 20.9 Å². The summed E-state index contributed by atoms with van der Waals surface area (Å²) >= 11 is 0. The Hall–Kier alpha value is -5.96. The minimum atomic E-state index is -1.51. The Labute approximate surface area is 381 Å². The number of unbranched alkanes of at least 4 members (excludes halogenated alkanes) is 2. The quantitative estimate of drug-likeness (QED) is 0.0344. The Bertz CT molecular complexity index is 2280. The predicted octanol–water partition coefficient (Wildman–Crippen LogP) is 9.06. The van der Waals surface area contributed by atoms with Gasteiger partial charge in [-0.2, -0.15) is 0 Å². The number of ether oxygens (including phenoxy) is 5. The summed E-state index contributed by atoms with van der Waals surface area (Å²) in [5.41, 5.74) is 3.16. The first kappa shape index (κ1) is 47.0. The molecule has 3 aromatic rings. The van der Waals surface area contributed by atoms with Crippen molar-refractivity contribution < 1.29 is 48.5 Å². The van der Waals surface area contributed by atoms with Crippen molar-refractivity contribution in [1.82, 2.24) is 4.90 Å². The van der Waals surface area contributed by atoms with Crippen molar-refractivity contribution in [2.24, 2.45) is 22.9 Å². The van der Waals surface area contributed by atoms with E-state index in [1.54, 1.807) is 35.3 Å². The van der Waals surface area contributed by atoms with Crippen LogP contribution in [0.1, 0.15) is 88.3 Å². The monoisotopic (exact) mass is 891 g/mol. The van der Waals surface area contributed by atoms with E-state index in [1.165, 1.54) is 18.2 Å². The molecule has 2 aliphatic carbocycles. The number of nitro benzene ring substituents is 1. The lowest BCUT2D eigenvalue weighted by atomic mass is 9.55. The van der Waals surface area contributed by atoms with Gasteiger partial charge in [-0.1, -0.05) is 48.9 Å². The standard InChI is InChI=1S/C51H61N3O11/c1-6-26-60-38-20-22-43-41(30-38)48-39(13-9-11-25-56)36(12-8-10-24-55)29-40-42(52-65-50(3,4)5)31-46(51(64-43,49(40)48)63-27-7-2)53(32-35-16-21-44-45(28-35)62-33-61-44)47(57)23-17-34-14-18-37(19-15-34)54(58)59/h6-7,14-23,28-30,36,39,46,48-49,55-56H,1-2,8-13,24-27,31-33H2,3-5H3/t36-,39+,46-,48+,49+,51+/m0/s1. The van der Waals surface area contributed by atoms with Crippen molar-refractivity contribution in [2.45, 2.75) is 95.6 Å². The summed E-state index contributed by atoms with van der Waals surface area (Å²) < 4.78 is 32.1. The molecule has 6 atom stereocenters. The van der Waals surface area contributed by atoms with Crippen LogP contribution in [0.3, 0.4) is 0 Å². The second kappa shape index (κ2) is 20.9. The first-order valence-corrected chi connectivity index (χ1v) is 22.5. The zero-order chi connectivity index (χ0) is 46.1. The zero-order valence-electron chi connectivity index (χ0n) is 37.6. The predicted molar refractivity (Wildman–Crippen MR) is 247 cm³/mol. The number of amides is 1. The van der Waals surface area contributed by atoms with Crippen molar-refractivity contribution in [1.29, 1.82) is 0 Å². The van der Waals surface area contributed by atoms with Crippen LogP contribution in [0, 0.1) is 27.9 Å². The van der Waals surface area contributed by atoms with Crippen molar-refractivity contribution in [3.63, 3.8) is 0 Å². The molecule has 1 fully saturated rings. The van der Waals surface area contributed by atoms with Crippen LogP contribution in [0.4, 0.5) is 5.69 Å². The van der Waals surface area contributed by atoms with Crippen molar-refractivity contribution in [3.8, 4) is 23.0 Å². The molecule has 0 unspecified atom stereocenters. The molecule has 7 rings (SSSR count). The molecule has 0 aromatic heterocycles. The van der Waals surface area contributed by atoms with Crippen LogP contribution in [-0.4, -0.2) is 82.3 Å². The lowest BCUT2D eigenvalue weighted by Crippen LogP contribution is -2.70. The zero-order valence-corrected chi connectivity index (χ0v) is 37.6. The summed E-state index contributed by atoms with van der Waals surface area (Å²) in [7, 11) is 0. The second-order valence-electron chi connectivity index (χ2n) is 17.9. The molecule has 4 aliphatic rings. The van der Waals surface area contributed by atoms with E-state index < -0.39 is 28.3 Å². The number of allylic oxidation sites excluding steroid dienone is 1. The summed E-state index contributed by atoms with van der Waals surface area (Å²) in [5.74, 6) is -0.199. The summed E-state index contributed by atoms with van der Waals surface area (Å²) in [6, 6.07) is 16.6. The van der Waals surface area contributed by atoms with Crippen molar-refractivity contribution in [2.75, 3.05) is 33.2 Å². The minimum absolute atomic E-state index is 0.0154. The third kappa shape index (κ3) is 10.6. The first-order valence-electron chi connectivity index (χ1n) is 22.5. The van der Waals surface area contributed by atoms with E-state index in [0.29, 0.717) is 53.7 Å². The molecule has 0 radical (unpaired) electrons. The van der Waals surface area contributed by atoms with Crippen LogP contribution < -0.4 is 18.9 Å². The molecule has 3 aromatic carbocycles. The van der Waals surface area contributed by atoms with E-state index in [-0.39, 0.29) is 68.9 Å². The number of benzene rings is 3. The summed E-state index contributed by atoms with van der Waals surface area (Å²) in [6.07, 6.45) is 13.4. The molecule has 0 saturated heterocycles. The van der Waals surface area contributed by atoms with Gasteiger partial charge in [-0.15, -0.1) is 6.58 Å². The summed E-state index contributed by atoms with van der Waals surface area (Å²) in [6.45, 7) is 14.4. The maximum atomic E-state index is 15.2. The molecule has 14 nitrogen and oxygen atoms in total. The van der Waals surface area contributed by atoms with Crippen LogP contribution in [0.25, 0.3) is 6.08 Å². The number of hydrogen-bond donors (Lipinski definition) is 2. The number of aliphatic hydroxyl groups is 2. The lowest BCUT2D eigenvalue weighted by molar-refractivity contribution is -0.384. The molecule has 65 heavy (non-hydrogen) atoms. The van der Waals surface area contributed by atoms with E-state index in [4.69, 9.17) is 33.7 Å². The van der Waals surface area contributed by atoms with Crippen LogP contribution >= 0.6 is 0 Å². The number of rotatable bonds is 21. The largest absolute Gasteiger partial charge is 0.490 e. The lowest BCUT2D eigenvalue weighted by Gasteiger charge is -2.60. The smallest absolute Gasteiger partial charge is 0.269 e. The number of nitrogens with zero attached hydrogens (tertiary/aromatic N) is 3. The molecule has 2 aliphatic heterocycles. The molecule has 346 valence electrons. The van der Waals surface area contributed by atoms with E-state index in [9.17, 15) is 20.3 Å². The molecule has 0 spiro atoms. The Balaban J connectivity index is 1.46. The summed E-state index contributed by atoms with van der Waals surface area (Å²) in [5, 5.41) is 36.3. The third-order valence-corrected chi connectivity index (χ3v) is 12.4.